The van der Waals surface area contributed by atoms with Crippen LogP contribution in [0.5, 0.6) is 0 Å². The first-order valence-corrected chi connectivity index (χ1v) is 12.4. The SMILES string of the molecule is CC(=O)N1CC=C(c2ccccc2CN2C(C)CN(Cc3ccc(C(=O)NO)cc3)CC2C)CC1. The number of nitrogens with one attached hydrogen (secondary N) is 1. The topological polar surface area (TPSA) is 76.1 Å². The fraction of sp³-hybridized carbons (Fsp3) is 0.429. The quantitative estimate of drug-likeness (QED) is 0.493. The summed E-state index contributed by atoms with van der Waals surface area (Å²) in [6.45, 7) is 11.4. The standard InChI is InChI=1S/C28H36N4O3/c1-20-16-30(18-23-8-10-25(11-9-23)28(34)29-35)17-21(2)32(20)19-26-6-4-5-7-27(26)24-12-14-31(15-13-24)22(3)33/h4-12,20-21,35H,13-19H2,1-3H3,(H,29,34). The Balaban J connectivity index is 1.41. The van der Waals surface area contributed by atoms with E-state index in [4.69, 9.17) is 5.21 Å². The number of hydroxylamine groups is 1. The monoisotopic (exact) mass is 476 g/mol. The van der Waals surface area contributed by atoms with Crippen LogP contribution in [0, 0.1) is 0 Å². The number of benzene rings is 2. The molecule has 7 nitrogen and oxygen atoms in total. The molecule has 186 valence electrons. The van der Waals surface area contributed by atoms with Crippen LogP contribution in [0.15, 0.2) is 54.6 Å². The first-order valence-electron chi connectivity index (χ1n) is 12.4. The molecule has 2 aliphatic rings. The fourth-order valence-electron chi connectivity index (χ4n) is 5.36. The van der Waals surface area contributed by atoms with Gasteiger partial charge in [-0.05, 0) is 54.7 Å². The van der Waals surface area contributed by atoms with Gasteiger partial charge in [-0.25, -0.2) is 5.48 Å². The van der Waals surface area contributed by atoms with Gasteiger partial charge in [-0.15, -0.1) is 0 Å². The van der Waals surface area contributed by atoms with Crippen LogP contribution in [0.3, 0.4) is 0 Å². The highest BCUT2D eigenvalue weighted by Crippen LogP contribution is 2.28. The summed E-state index contributed by atoms with van der Waals surface area (Å²) in [5.41, 5.74) is 7.28. The third-order valence-corrected chi connectivity index (χ3v) is 7.27. The van der Waals surface area contributed by atoms with E-state index in [1.165, 1.54) is 16.7 Å². The van der Waals surface area contributed by atoms with Crippen molar-refractivity contribution in [1.82, 2.24) is 20.2 Å². The number of hydrogen-bond acceptors (Lipinski definition) is 5. The Hall–Kier alpha value is -3.00. The summed E-state index contributed by atoms with van der Waals surface area (Å²) < 4.78 is 0. The highest BCUT2D eigenvalue weighted by atomic mass is 16.5. The van der Waals surface area contributed by atoms with Gasteiger partial charge in [-0.1, -0.05) is 42.5 Å². The number of nitrogens with zero attached hydrogens (tertiary/aromatic N) is 3. The zero-order valence-corrected chi connectivity index (χ0v) is 20.9. The highest BCUT2D eigenvalue weighted by Gasteiger charge is 2.30. The fourth-order valence-corrected chi connectivity index (χ4v) is 5.36. The molecule has 35 heavy (non-hydrogen) atoms. The minimum Gasteiger partial charge on any atom is -0.339 e. The molecule has 2 aromatic rings. The maximum absolute atomic E-state index is 11.7. The summed E-state index contributed by atoms with van der Waals surface area (Å²) in [4.78, 5) is 30.2. The normalized spacial score (nSPS) is 21.5. The Morgan fingerprint density at radius 2 is 1.69 bits per heavy atom. The molecule has 2 atom stereocenters. The Kier molecular flexibility index (Phi) is 8.00. The lowest BCUT2D eigenvalue weighted by Gasteiger charge is -2.45. The third-order valence-electron chi connectivity index (χ3n) is 7.27. The Labute approximate surface area is 208 Å². The van der Waals surface area contributed by atoms with Crippen LogP contribution in [0.25, 0.3) is 5.57 Å². The maximum atomic E-state index is 11.7. The summed E-state index contributed by atoms with van der Waals surface area (Å²) in [5.74, 6) is -0.353. The van der Waals surface area contributed by atoms with Gasteiger partial charge in [0.05, 0.1) is 0 Å². The molecule has 1 fully saturated rings. The van der Waals surface area contributed by atoms with E-state index in [1.54, 1.807) is 24.5 Å². The van der Waals surface area contributed by atoms with Crippen molar-refractivity contribution in [3.8, 4) is 0 Å². The average molecular weight is 477 g/mol. The molecular weight excluding hydrogens is 440 g/mol. The molecule has 0 aliphatic carbocycles. The Morgan fingerprint density at radius 3 is 2.29 bits per heavy atom. The van der Waals surface area contributed by atoms with Gasteiger partial charge in [-0.2, -0.15) is 0 Å². The summed E-state index contributed by atoms with van der Waals surface area (Å²) in [6, 6.07) is 16.9. The van der Waals surface area contributed by atoms with Crippen molar-refractivity contribution >= 4 is 17.4 Å². The summed E-state index contributed by atoms with van der Waals surface area (Å²) in [7, 11) is 0. The van der Waals surface area contributed by atoms with Crippen LogP contribution in [0.4, 0.5) is 0 Å². The second kappa shape index (κ2) is 11.2. The van der Waals surface area contributed by atoms with Gasteiger partial charge in [0.2, 0.25) is 5.91 Å². The molecule has 2 amide bonds. The molecule has 1 saturated heterocycles. The third kappa shape index (κ3) is 5.99. The maximum Gasteiger partial charge on any atom is 0.274 e. The van der Waals surface area contributed by atoms with Crippen LogP contribution in [-0.4, -0.2) is 70.0 Å². The van der Waals surface area contributed by atoms with Gasteiger partial charge in [0.15, 0.2) is 0 Å². The van der Waals surface area contributed by atoms with Crippen molar-refractivity contribution in [2.24, 2.45) is 0 Å². The minimum absolute atomic E-state index is 0.140. The number of piperazine rings is 1. The van der Waals surface area contributed by atoms with Gasteiger partial charge in [-0.3, -0.25) is 24.6 Å². The van der Waals surface area contributed by atoms with Crippen molar-refractivity contribution in [1.29, 1.82) is 0 Å². The number of rotatable bonds is 6. The molecule has 0 saturated carbocycles. The zero-order chi connectivity index (χ0) is 24.9. The van der Waals surface area contributed by atoms with Crippen molar-refractivity contribution in [2.75, 3.05) is 26.2 Å². The van der Waals surface area contributed by atoms with Crippen molar-refractivity contribution in [3.63, 3.8) is 0 Å². The average Bonchev–Trinajstić information content (AvgIpc) is 2.86. The van der Waals surface area contributed by atoms with E-state index in [-0.39, 0.29) is 5.91 Å². The lowest BCUT2D eigenvalue weighted by molar-refractivity contribution is -0.128. The lowest BCUT2D eigenvalue weighted by Crippen LogP contribution is -2.55. The van der Waals surface area contributed by atoms with Crippen LogP contribution in [0.2, 0.25) is 0 Å². The van der Waals surface area contributed by atoms with E-state index in [1.807, 2.05) is 17.0 Å². The summed E-state index contributed by atoms with van der Waals surface area (Å²) in [5, 5.41) is 8.80. The van der Waals surface area contributed by atoms with E-state index in [2.05, 4.69) is 54.0 Å². The van der Waals surface area contributed by atoms with Gasteiger partial charge in [0.1, 0.15) is 0 Å². The molecule has 2 heterocycles. The van der Waals surface area contributed by atoms with Gasteiger partial charge in [0.25, 0.3) is 5.91 Å². The molecule has 2 unspecified atom stereocenters. The van der Waals surface area contributed by atoms with Gasteiger partial charge < -0.3 is 4.90 Å². The molecule has 0 spiro atoms. The molecule has 2 aromatic carbocycles. The first-order chi connectivity index (χ1) is 16.9. The van der Waals surface area contributed by atoms with Crippen molar-refractivity contribution in [3.05, 3.63) is 76.9 Å². The molecule has 0 bridgehead atoms. The smallest absolute Gasteiger partial charge is 0.274 e. The van der Waals surface area contributed by atoms with E-state index in [0.717, 1.165) is 44.7 Å². The van der Waals surface area contributed by atoms with Gasteiger partial charge in [0, 0.05) is 63.8 Å². The Bertz CT molecular complexity index is 1070. The van der Waals surface area contributed by atoms with Crippen LogP contribution in [-0.2, 0) is 17.9 Å². The molecule has 2 aliphatic heterocycles. The molecule has 2 N–H and O–H groups in total. The molecule has 0 radical (unpaired) electrons. The predicted octanol–water partition coefficient (Wildman–Crippen LogP) is 3.54. The molecule has 0 aromatic heterocycles. The number of carbonyl (C=O) groups excluding carboxylic acids is 2. The second-order valence-corrected chi connectivity index (χ2v) is 9.80. The zero-order valence-electron chi connectivity index (χ0n) is 20.9. The largest absolute Gasteiger partial charge is 0.339 e. The van der Waals surface area contributed by atoms with Crippen LogP contribution in [0.1, 0.15) is 54.2 Å². The van der Waals surface area contributed by atoms with E-state index >= 15 is 0 Å². The second-order valence-electron chi connectivity index (χ2n) is 9.80. The number of amides is 2. The van der Waals surface area contributed by atoms with Crippen molar-refractivity contribution < 1.29 is 14.8 Å². The predicted molar refractivity (Wildman–Crippen MR) is 137 cm³/mol. The Morgan fingerprint density at radius 1 is 1.00 bits per heavy atom. The van der Waals surface area contributed by atoms with Crippen LogP contribution >= 0.6 is 0 Å². The number of carbonyl (C=O) groups is 2. The van der Waals surface area contributed by atoms with Gasteiger partial charge >= 0.3 is 0 Å². The molecule has 4 rings (SSSR count). The van der Waals surface area contributed by atoms with Crippen LogP contribution < -0.4 is 5.48 Å². The minimum atomic E-state index is -0.493. The lowest BCUT2D eigenvalue weighted by atomic mass is 9.93. The summed E-state index contributed by atoms with van der Waals surface area (Å²) in [6.07, 6.45) is 3.11. The number of hydrogen-bond donors (Lipinski definition) is 2. The summed E-state index contributed by atoms with van der Waals surface area (Å²) >= 11 is 0. The van der Waals surface area contributed by atoms with E-state index < -0.39 is 5.91 Å². The molecular formula is C28H36N4O3. The first kappa shape index (κ1) is 25.1. The van der Waals surface area contributed by atoms with E-state index in [0.29, 0.717) is 24.2 Å². The highest BCUT2D eigenvalue weighted by molar-refractivity contribution is 5.93. The molecule has 7 heteroatoms. The van der Waals surface area contributed by atoms with E-state index in [9.17, 15) is 9.59 Å². The van der Waals surface area contributed by atoms with Crippen molar-refractivity contribution in [2.45, 2.75) is 52.4 Å².